The van der Waals surface area contributed by atoms with Gasteiger partial charge >= 0.3 is 0 Å². The maximum absolute atomic E-state index is 12.5. The second-order valence-electron chi connectivity index (χ2n) is 6.36. The first-order chi connectivity index (χ1) is 9.39. The first kappa shape index (κ1) is 15.0. The molecule has 1 fully saturated rings. The predicted octanol–water partition coefficient (Wildman–Crippen LogP) is 2.75. The van der Waals surface area contributed by atoms with Crippen LogP contribution in [0.3, 0.4) is 0 Å². The SMILES string of the molecule is CC1(C)CCC(NC(=O)C(C(N)=S)c2ccccc2)C1. The Labute approximate surface area is 125 Å². The van der Waals surface area contributed by atoms with E-state index < -0.39 is 5.92 Å². The minimum Gasteiger partial charge on any atom is -0.392 e. The number of amides is 1. The van der Waals surface area contributed by atoms with Gasteiger partial charge in [-0.3, -0.25) is 4.79 Å². The largest absolute Gasteiger partial charge is 0.392 e. The van der Waals surface area contributed by atoms with Crippen LogP contribution in [0.25, 0.3) is 0 Å². The Morgan fingerprint density at radius 3 is 2.55 bits per heavy atom. The van der Waals surface area contributed by atoms with E-state index in [1.165, 1.54) is 0 Å². The fourth-order valence-electron chi connectivity index (χ4n) is 2.93. The van der Waals surface area contributed by atoms with E-state index in [4.69, 9.17) is 18.0 Å². The number of thiocarbonyl (C=S) groups is 1. The molecule has 0 spiro atoms. The van der Waals surface area contributed by atoms with Crippen molar-refractivity contribution in [1.29, 1.82) is 0 Å². The number of hydrogen-bond donors (Lipinski definition) is 2. The minimum absolute atomic E-state index is 0.0774. The lowest BCUT2D eigenvalue weighted by Crippen LogP contribution is -2.41. The monoisotopic (exact) mass is 290 g/mol. The van der Waals surface area contributed by atoms with Crippen LogP contribution in [0.15, 0.2) is 30.3 Å². The Bertz CT molecular complexity index is 498. The normalized spacial score (nSPS) is 22.2. The molecule has 0 aromatic heterocycles. The zero-order valence-electron chi connectivity index (χ0n) is 12.1. The summed E-state index contributed by atoms with van der Waals surface area (Å²) in [4.78, 5) is 12.7. The summed E-state index contributed by atoms with van der Waals surface area (Å²) >= 11 is 5.08. The summed E-state index contributed by atoms with van der Waals surface area (Å²) in [5, 5.41) is 3.11. The fourth-order valence-corrected chi connectivity index (χ4v) is 3.18. The highest BCUT2D eigenvalue weighted by atomic mass is 32.1. The van der Waals surface area contributed by atoms with E-state index in [1.54, 1.807) is 0 Å². The maximum Gasteiger partial charge on any atom is 0.234 e. The second kappa shape index (κ2) is 5.92. The van der Waals surface area contributed by atoms with Crippen molar-refractivity contribution in [3.8, 4) is 0 Å². The van der Waals surface area contributed by atoms with Crippen molar-refractivity contribution in [1.82, 2.24) is 5.32 Å². The number of nitrogens with one attached hydrogen (secondary N) is 1. The lowest BCUT2D eigenvalue weighted by molar-refractivity contribution is -0.121. The van der Waals surface area contributed by atoms with Gasteiger partial charge in [0.25, 0.3) is 0 Å². The lowest BCUT2D eigenvalue weighted by Gasteiger charge is -2.21. The van der Waals surface area contributed by atoms with E-state index >= 15 is 0 Å². The van der Waals surface area contributed by atoms with E-state index in [2.05, 4.69) is 19.2 Å². The van der Waals surface area contributed by atoms with E-state index in [-0.39, 0.29) is 16.9 Å². The summed E-state index contributed by atoms with van der Waals surface area (Å²) < 4.78 is 0. The number of hydrogen-bond acceptors (Lipinski definition) is 2. The third-order valence-corrected chi connectivity index (χ3v) is 4.23. The molecule has 1 aromatic carbocycles. The van der Waals surface area contributed by atoms with Crippen LogP contribution in [0.5, 0.6) is 0 Å². The van der Waals surface area contributed by atoms with Crippen LogP contribution < -0.4 is 11.1 Å². The Morgan fingerprint density at radius 1 is 1.40 bits per heavy atom. The molecule has 108 valence electrons. The van der Waals surface area contributed by atoms with Crippen molar-refractivity contribution in [3.05, 3.63) is 35.9 Å². The summed E-state index contributed by atoms with van der Waals surface area (Å²) in [7, 11) is 0. The Hall–Kier alpha value is -1.42. The molecule has 2 unspecified atom stereocenters. The average Bonchev–Trinajstić information content (AvgIpc) is 2.69. The smallest absolute Gasteiger partial charge is 0.234 e. The standard InChI is InChI=1S/C16H22N2OS/c1-16(2)9-8-12(10-16)18-15(19)13(14(17)20)11-6-4-3-5-7-11/h3-7,12-13H,8-10H2,1-2H3,(H2,17,20)(H,18,19). The van der Waals surface area contributed by atoms with E-state index in [9.17, 15) is 4.79 Å². The Kier molecular flexibility index (Phi) is 4.43. The van der Waals surface area contributed by atoms with Gasteiger partial charge in [-0.1, -0.05) is 56.4 Å². The molecule has 1 aromatic rings. The van der Waals surface area contributed by atoms with Crippen LogP contribution in [0.4, 0.5) is 0 Å². The van der Waals surface area contributed by atoms with Crippen molar-refractivity contribution in [2.45, 2.75) is 45.1 Å². The number of benzene rings is 1. The summed E-state index contributed by atoms with van der Waals surface area (Å²) in [6, 6.07) is 9.72. The Balaban J connectivity index is 2.08. The first-order valence-corrected chi connectivity index (χ1v) is 7.44. The highest BCUT2D eigenvalue weighted by molar-refractivity contribution is 7.80. The first-order valence-electron chi connectivity index (χ1n) is 7.04. The number of nitrogens with two attached hydrogens (primary N) is 1. The molecule has 3 N–H and O–H groups in total. The topological polar surface area (TPSA) is 55.1 Å². The minimum atomic E-state index is -0.532. The van der Waals surface area contributed by atoms with Crippen LogP contribution in [0, 0.1) is 5.41 Å². The number of rotatable bonds is 4. The molecule has 0 aliphatic heterocycles. The number of carbonyl (C=O) groups is 1. The van der Waals surface area contributed by atoms with Gasteiger partial charge in [0.2, 0.25) is 5.91 Å². The highest BCUT2D eigenvalue weighted by Crippen LogP contribution is 2.37. The molecule has 0 bridgehead atoms. The maximum atomic E-state index is 12.5. The molecular weight excluding hydrogens is 268 g/mol. The third-order valence-electron chi connectivity index (χ3n) is 3.99. The van der Waals surface area contributed by atoms with Gasteiger partial charge in [0.1, 0.15) is 5.92 Å². The van der Waals surface area contributed by atoms with Gasteiger partial charge in [0.05, 0.1) is 4.99 Å². The predicted molar refractivity (Wildman–Crippen MR) is 85.5 cm³/mol. The van der Waals surface area contributed by atoms with Crippen molar-refractivity contribution >= 4 is 23.1 Å². The van der Waals surface area contributed by atoms with E-state index in [1.807, 2.05) is 30.3 Å². The molecular formula is C16H22N2OS. The van der Waals surface area contributed by atoms with Crippen molar-refractivity contribution in [2.75, 3.05) is 0 Å². The van der Waals surface area contributed by atoms with Crippen LogP contribution in [0.2, 0.25) is 0 Å². The summed E-state index contributed by atoms with van der Waals surface area (Å²) in [5.74, 6) is -0.610. The van der Waals surface area contributed by atoms with Gasteiger partial charge in [0.15, 0.2) is 0 Å². The zero-order valence-corrected chi connectivity index (χ0v) is 12.9. The van der Waals surface area contributed by atoms with Gasteiger partial charge < -0.3 is 11.1 Å². The van der Waals surface area contributed by atoms with Crippen LogP contribution in [-0.4, -0.2) is 16.9 Å². The zero-order chi connectivity index (χ0) is 14.8. The van der Waals surface area contributed by atoms with E-state index in [0.29, 0.717) is 5.41 Å². The highest BCUT2D eigenvalue weighted by Gasteiger charge is 2.33. The van der Waals surface area contributed by atoms with Crippen LogP contribution in [0.1, 0.15) is 44.6 Å². The Morgan fingerprint density at radius 2 is 2.05 bits per heavy atom. The fraction of sp³-hybridized carbons (Fsp3) is 0.500. The molecule has 0 radical (unpaired) electrons. The molecule has 1 amide bonds. The van der Waals surface area contributed by atoms with Crippen molar-refractivity contribution < 1.29 is 4.79 Å². The summed E-state index contributed by atoms with van der Waals surface area (Å²) in [5.41, 5.74) is 6.93. The summed E-state index contributed by atoms with van der Waals surface area (Å²) in [6.07, 6.45) is 3.18. The van der Waals surface area contributed by atoms with Gasteiger partial charge in [-0.15, -0.1) is 0 Å². The molecule has 1 saturated carbocycles. The van der Waals surface area contributed by atoms with Crippen molar-refractivity contribution in [2.24, 2.45) is 11.1 Å². The van der Waals surface area contributed by atoms with Crippen LogP contribution >= 0.6 is 12.2 Å². The van der Waals surface area contributed by atoms with Gasteiger partial charge in [0, 0.05) is 6.04 Å². The second-order valence-corrected chi connectivity index (χ2v) is 6.83. The molecule has 20 heavy (non-hydrogen) atoms. The molecule has 2 atom stereocenters. The molecule has 2 rings (SSSR count). The summed E-state index contributed by atoms with van der Waals surface area (Å²) in [6.45, 7) is 4.48. The quantitative estimate of drug-likeness (QED) is 0.838. The molecule has 1 aliphatic carbocycles. The van der Waals surface area contributed by atoms with Gasteiger partial charge in [-0.25, -0.2) is 0 Å². The van der Waals surface area contributed by atoms with Crippen LogP contribution in [-0.2, 0) is 4.79 Å². The third kappa shape index (κ3) is 3.57. The molecule has 1 aliphatic rings. The average molecular weight is 290 g/mol. The lowest BCUT2D eigenvalue weighted by atomic mass is 9.91. The van der Waals surface area contributed by atoms with Gasteiger partial charge in [-0.05, 0) is 30.2 Å². The van der Waals surface area contributed by atoms with E-state index in [0.717, 1.165) is 24.8 Å². The van der Waals surface area contributed by atoms with Crippen molar-refractivity contribution in [3.63, 3.8) is 0 Å². The van der Waals surface area contributed by atoms with Gasteiger partial charge in [-0.2, -0.15) is 0 Å². The molecule has 0 saturated heterocycles. The molecule has 4 heteroatoms. The number of carbonyl (C=O) groups excluding carboxylic acids is 1. The molecule has 0 heterocycles. The molecule has 3 nitrogen and oxygen atoms in total.